The van der Waals surface area contributed by atoms with Gasteiger partial charge in [0.05, 0.1) is 12.0 Å². The first kappa shape index (κ1) is 15.4. The van der Waals surface area contributed by atoms with Crippen LogP contribution in [0.1, 0.15) is 5.76 Å². The number of nitrogens with one attached hydrogen (secondary N) is 1. The summed E-state index contributed by atoms with van der Waals surface area (Å²) in [5.74, 6) is -0.343. The highest BCUT2D eigenvalue weighted by Crippen LogP contribution is 2.16. The summed E-state index contributed by atoms with van der Waals surface area (Å²) in [5.41, 5.74) is 0. The molecule has 11 heteroatoms. The van der Waals surface area contributed by atoms with Crippen LogP contribution >= 0.6 is 11.8 Å². The van der Waals surface area contributed by atoms with Crippen LogP contribution in [0, 0.1) is 0 Å². The molecular weight excluding hydrogens is 311 g/mol. The number of carbonyl (C=O) groups is 1. The van der Waals surface area contributed by atoms with Crippen LogP contribution in [0.3, 0.4) is 0 Å². The van der Waals surface area contributed by atoms with E-state index in [4.69, 9.17) is 4.42 Å². The largest absolute Gasteiger partial charge is 0.467 e. The molecule has 0 aliphatic heterocycles. The minimum absolute atomic E-state index is 0.214. The van der Waals surface area contributed by atoms with Crippen LogP contribution in [0.5, 0.6) is 0 Å². The van der Waals surface area contributed by atoms with Crippen molar-refractivity contribution in [3.05, 3.63) is 24.2 Å². The van der Waals surface area contributed by atoms with Crippen LogP contribution in [0.2, 0.25) is 0 Å². The molecule has 2 aromatic rings. The van der Waals surface area contributed by atoms with E-state index in [-0.39, 0.29) is 12.3 Å². The Morgan fingerprint density at radius 2 is 2.29 bits per heavy atom. The Labute approximate surface area is 120 Å². The summed E-state index contributed by atoms with van der Waals surface area (Å²) < 4.78 is 42.3. The van der Waals surface area contributed by atoms with Crippen molar-refractivity contribution in [1.29, 1.82) is 0 Å². The van der Waals surface area contributed by atoms with E-state index in [0.29, 0.717) is 10.9 Å². The van der Waals surface area contributed by atoms with Crippen LogP contribution in [0.4, 0.5) is 13.2 Å². The minimum Gasteiger partial charge on any atom is -0.467 e. The van der Waals surface area contributed by atoms with Gasteiger partial charge in [-0.15, -0.1) is 5.10 Å². The molecule has 0 saturated carbocycles. The third-order valence-electron chi connectivity index (χ3n) is 2.20. The lowest BCUT2D eigenvalue weighted by molar-refractivity contribution is -0.136. The van der Waals surface area contributed by atoms with Crippen LogP contribution < -0.4 is 5.32 Å². The molecule has 0 aliphatic carbocycles. The number of hydrogen-bond donors (Lipinski definition) is 1. The Bertz CT molecular complexity index is 584. The highest BCUT2D eigenvalue weighted by Gasteiger charge is 2.27. The molecule has 0 saturated heterocycles. The van der Waals surface area contributed by atoms with Crippen LogP contribution in [-0.4, -0.2) is 44.6 Å². The fourth-order valence-corrected chi connectivity index (χ4v) is 2.04. The lowest BCUT2D eigenvalue weighted by atomic mass is 10.4. The van der Waals surface area contributed by atoms with E-state index in [1.54, 1.807) is 17.4 Å². The topological polar surface area (TPSA) is 85.8 Å². The summed E-state index contributed by atoms with van der Waals surface area (Å²) in [5, 5.41) is 13.0. The predicted molar refractivity (Wildman–Crippen MR) is 65.4 cm³/mol. The highest BCUT2D eigenvalue weighted by atomic mass is 32.2. The molecular formula is C10H10F3N5O2S. The van der Waals surface area contributed by atoms with Gasteiger partial charge in [-0.05, 0) is 22.6 Å². The Hall–Kier alpha value is -2.04. The molecule has 21 heavy (non-hydrogen) atoms. The number of tetrazole rings is 1. The van der Waals surface area contributed by atoms with Crippen molar-refractivity contribution in [2.24, 2.45) is 0 Å². The summed E-state index contributed by atoms with van der Waals surface area (Å²) in [6, 6.07) is 3.43. The van der Waals surface area contributed by atoms with E-state index in [1.165, 1.54) is 10.9 Å². The Morgan fingerprint density at radius 1 is 1.48 bits per heavy atom. The van der Waals surface area contributed by atoms with Crippen molar-refractivity contribution in [2.75, 3.05) is 12.3 Å². The van der Waals surface area contributed by atoms with Crippen LogP contribution in [-0.2, 0) is 11.3 Å². The molecule has 0 unspecified atom stereocenters. The molecule has 0 aliphatic rings. The molecule has 2 aromatic heterocycles. The van der Waals surface area contributed by atoms with Crippen LogP contribution in [0.25, 0.3) is 0 Å². The van der Waals surface area contributed by atoms with E-state index in [1.807, 2.05) is 0 Å². The van der Waals surface area contributed by atoms with Crippen molar-refractivity contribution < 1.29 is 22.4 Å². The number of amides is 1. The van der Waals surface area contributed by atoms with Crippen molar-refractivity contribution >= 4 is 17.7 Å². The van der Waals surface area contributed by atoms with Gasteiger partial charge in [-0.1, -0.05) is 11.8 Å². The maximum absolute atomic E-state index is 11.9. The first-order valence-corrected chi connectivity index (χ1v) is 6.67. The molecule has 2 rings (SSSR count). The summed E-state index contributed by atoms with van der Waals surface area (Å²) in [7, 11) is 0. The van der Waals surface area contributed by atoms with Gasteiger partial charge in [-0.3, -0.25) is 4.79 Å². The smallest absolute Gasteiger partial charge is 0.405 e. The number of halogens is 3. The maximum Gasteiger partial charge on any atom is 0.405 e. The molecule has 0 aromatic carbocycles. The quantitative estimate of drug-likeness (QED) is 0.802. The molecule has 114 valence electrons. The number of rotatable bonds is 6. The van der Waals surface area contributed by atoms with Crippen molar-refractivity contribution in [2.45, 2.75) is 17.9 Å². The lowest BCUT2D eigenvalue weighted by Crippen LogP contribution is -2.34. The zero-order valence-electron chi connectivity index (χ0n) is 10.5. The average Bonchev–Trinajstić information content (AvgIpc) is 3.05. The second kappa shape index (κ2) is 6.61. The highest BCUT2D eigenvalue weighted by molar-refractivity contribution is 7.99. The second-order valence-electron chi connectivity index (χ2n) is 3.88. The number of alkyl halides is 3. The van der Waals surface area contributed by atoms with Crippen molar-refractivity contribution in [3.8, 4) is 0 Å². The van der Waals surface area contributed by atoms with E-state index in [9.17, 15) is 18.0 Å². The van der Waals surface area contributed by atoms with Gasteiger partial charge in [0, 0.05) is 0 Å². The number of hydrogen-bond acceptors (Lipinski definition) is 6. The Kier molecular flexibility index (Phi) is 4.83. The SMILES string of the molecule is O=C(CSc1nnnn1Cc1ccco1)NCC(F)(F)F. The summed E-state index contributed by atoms with van der Waals surface area (Å²) in [6.45, 7) is -1.09. The van der Waals surface area contributed by atoms with Crippen molar-refractivity contribution in [1.82, 2.24) is 25.5 Å². The first-order chi connectivity index (χ1) is 9.94. The normalized spacial score (nSPS) is 11.6. The third kappa shape index (κ3) is 5.10. The van der Waals surface area contributed by atoms with E-state index >= 15 is 0 Å². The molecule has 0 radical (unpaired) electrons. The van der Waals surface area contributed by atoms with Gasteiger partial charge in [0.25, 0.3) is 0 Å². The average molecular weight is 321 g/mol. The van der Waals surface area contributed by atoms with Gasteiger partial charge in [-0.25, -0.2) is 4.68 Å². The van der Waals surface area contributed by atoms with E-state index in [0.717, 1.165) is 11.8 Å². The molecule has 7 nitrogen and oxygen atoms in total. The van der Waals surface area contributed by atoms with Gasteiger partial charge in [-0.2, -0.15) is 13.2 Å². The first-order valence-electron chi connectivity index (χ1n) is 5.69. The Balaban J connectivity index is 1.84. The number of carbonyl (C=O) groups excluding carboxylic acids is 1. The number of furan rings is 1. The summed E-state index contributed by atoms with van der Waals surface area (Å²) in [6.07, 6.45) is -2.93. The van der Waals surface area contributed by atoms with E-state index in [2.05, 4.69) is 15.5 Å². The summed E-state index contributed by atoms with van der Waals surface area (Å²) >= 11 is 0.940. The van der Waals surface area contributed by atoms with Gasteiger partial charge < -0.3 is 9.73 Å². The second-order valence-corrected chi connectivity index (χ2v) is 4.82. The minimum atomic E-state index is -4.43. The fourth-order valence-electron chi connectivity index (χ4n) is 1.33. The number of thioether (sulfide) groups is 1. The zero-order valence-corrected chi connectivity index (χ0v) is 11.3. The van der Waals surface area contributed by atoms with Crippen LogP contribution in [0.15, 0.2) is 28.0 Å². The standard InChI is InChI=1S/C10H10F3N5O2S/c11-10(12,13)6-14-8(19)5-21-9-15-16-17-18(9)4-7-2-1-3-20-7/h1-3H,4-6H2,(H,14,19). The molecule has 0 atom stereocenters. The number of aromatic nitrogens is 4. The lowest BCUT2D eigenvalue weighted by Gasteiger charge is -2.07. The predicted octanol–water partition coefficient (Wildman–Crippen LogP) is 1.08. The van der Waals surface area contributed by atoms with Gasteiger partial charge in [0.2, 0.25) is 11.1 Å². The molecule has 0 spiro atoms. The molecule has 0 fully saturated rings. The van der Waals surface area contributed by atoms with E-state index < -0.39 is 18.6 Å². The van der Waals surface area contributed by atoms with Gasteiger partial charge >= 0.3 is 6.18 Å². The van der Waals surface area contributed by atoms with Crippen molar-refractivity contribution in [3.63, 3.8) is 0 Å². The molecule has 1 N–H and O–H groups in total. The third-order valence-corrected chi connectivity index (χ3v) is 3.16. The Morgan fingerprint density at radius 3 is 2.95 bits per heavy atom. The van der Waals surface area contributed by atoms with Gasteiger partial charge in [0.1, 0.15) is 18.8 Å². The number of nitrogens with zero attached hydrogens (tertiary/aromatic N) is 4. The maximum atomic E-state index is 11.9. The monoisotopic (exact) mass is 321 g/mol. The fraction of sp³-hybridized carbons (Fsp3) is 0.400. The summed E-state index contributed by atoms with van der Waals surface area (Å²) in [4.78, 5) is 11.3. The molecule has 1 amide bonds. The molecule has 2 heterocycles. The zero-order chi connectivity index (χ0) is 15.3. The van der Waals surface area contributed by atoms with Gasteiger partial charge in [0.15, 0.2) is 0 Å². The molecule has 0 bridgehead atoms.